The molecule has 0 radical (unpaired) electrons. The van der Waals surface area contributed by atoms with Crippen LogP contribution in [0.2, 0.25) is 0 Å². The maximum absolute atomic E-state index is 8.72. The van der Waals surface area contributed by atoms with Crippen LogP contribution in [0.3, 0.4) is 0 Å². The molecule has 0 unspecified atom stereocenters. The van der Waals surface area contributed by atoms with E-state index >= 15 is 0 Å². The van der Waals surface area contributed by atoms with Crippen molar-refractivity contribution in [2.45, 2.75) is 65.2 Å². The van der Waals surface area contributed by atoms with Gasteiger partial charge >= 0.3 is 0 Å². The molecule has 1 aliphatic rings. The molecular weight excluding hydrogens is 210 g/mol. The normalized spacial score (nSPS) is 19.1. The largest absolute Gasteiger partial charge is 0.396 e. The highest BCUT2D eigenvalue weighted by Gasteiger charge is 2.33. The molecule has 102 valence electrons. The van der Waals surface area contributed by atoms with E-state index in [1.54, 1.807) is 0 Å². The molecule has 2 nitrogen and oxygen atoms in total. The molecule has 0 aromatic heterocycles. The van der Waals surface area contributed by atoms with E-state index < -0.39 is 0 Å². The van der Waals surface area contributed by atoms with Crippen molar-refractivity contribution in [2.75, 3.05) is 19.7 Å². The summed E-state index contributed by atoms with van der Waals surface area (Å²) in [5.74, 6) is 0.823. The van der Waals surface area contributed by atoms with Gasteiger partial charge in [-0.15, -0.1) is 0 Å². The van der Waals surface area contributed by atoms with Crippen LogP contribution >= 0.6 is 0 Å². The summed E-state index contributed by atoms with van der Waals surface area (Å²) in [6, 6.07) is 0. The Kier molecular flexibility index (Phi) is 7.14. The number of hydrogen-bond acceptors (Lipinski definition) is 2. The third kappa shape index (κ3) is 5.87. The number of hydrogen-bond donors (Lipinski definition) is 2. The number of aliphatic hydroxyl groups excluding tert-OH is 1. The lowest BCUT2D eigenvalue weighted by atomic mass is 9.78. The van der Waals surface area contributed by atoms with Gasteiger partial charge in [0.05, 0.1) is 0 Å². The quantitative estimate of drug-likeness (QED) is 0.607. The summed E-state index contributed by atoms with van der Waals surface area (Å²) in [5.41, 5.74) is 0.602. The van der Waals surface area contributed by atoms with Gasteiger partial charge in [-0.3, -0.25) is 0 Å². The van der Waals surface area contributed by atoms with E-state index in [1.165, 1.54) is 45.1 Å². The maximum atomic E-state index is 8.72. The topological polar surface area (TPSA) is 32.3 Å². The average Bonchev–Trinajstić information content (AvgIpc) is 2.71. The molecule has 0 amide bonds. The summed E-state index contributed by atoms with van der Waals surface area (Å²) in [7, 11) is 0. The van der Waals surface area contributed by atoms with E-state index in [0.29, 0.717) is 12.0 Å². The second-order valence-electron chi connectivity index (χ2n) is 6.27. The molecule has 1 fully saturated rings. The fraction of sp³-hybridized carbons (Fsp3) is 1.00. The number of unbranched alkanes of at least 4 members (excludes halogenated alkanes) is 2. The predicted molar refractivity (Wildman–Crippen MR) is 74.2 cm³/mol. The van der Waals surface area contributed by atoms with Gasteiger partial charge in [-0.25, -0.2) is 0 Å². The number of nitrogens with one attached hydrogen (secondary N) is 1. The highest BCUT2D eigenvalue weighted by Crippen LogP contribution is 2.42. The monoisotopic (exact) mass is 241 g/mol. The van der Waals surface area contributed by atoms with Crippen LogP contribution in [0.4, 0.5) is 0 Å². The van der Waals surface area contributed by atoms with Crippen LogP contribution in [0.15, 0.2) is 0 Å². The molecule has 1 aliphatic carbocycles. The average molecular weight is 241 g/mol. The lowest BCUT2D eigenvalue weighted by molar-refractivity contribution is 0.223. The Morgan fingerprint density at radius 3 is 2.41 bits per heavy atom. The third-order valence-corrected chi connectivity index (χ3v) is 4.02. The van der Waals surface area contributed by atoms with E-state index in [9.17, 15) is 0 Å². The Morgan fingerprint density at radius 2 is 1.82 bits per heavy atom. The van der Waals surface area contributed by atoms with Crippen LogP contribution in [0.25, 0.3) is 0 Å². The number of rotatable bonds is 9. The number of aliphatic hydroxyl groups is 1. The van der Waals surface area contributed by atoms with Crippen LogP contribution in [0.5, 0.6) is 0 Å². The molecule has 0 bridgehead atoms. The maximum Gasteiger partial charge on any atom is 0.0431 e. The van der Waals surface area contributed by atoms with Crippen molar-refractivity contribution in [3.05, 3.63) is 0 Å². The van der Waals surface area contributed by atoms with Crippen LogP contribution in [-0.4, -0.2) is 24.8 Å². The van der Waals surface area contributed by atoms with Gasteiger partial charge in [-0.2, -0.15) is 0 Å². The highest BCUT2D eigenvalue weighted by atomic mass is 16.2. The van der Waals surface area contributed by atoms with E-state index in [0.717, 1.165) is 25.3 Å². The second kappa shape index (κ2) is 8.10. The molecule has 2 N–H and O–H groups in total. The summed E-state index contributed by atoms with van der Waals surface area (Å²) in [4.78, 5) is 0. The smallest absolute Gasteiger partial charge is 0.0431 e. The molecule has 17 heavy (non-hydrogen) atoms. The highest BCUT2D eigenvalue weighted by molar-refractivity contribution is 4.87. The van der Waals surface area contributed by atoms with Gasteiger partial charge in [0.1, 0.15) is 0 Å². The van der Waals surface area contributed by atoms with Gasteiger partial charge in [0.25, 0.3) is 0 Å². The van der Waals surface area contributed by atoms with E-state index in [2.05, 4.69) is 19.2 Å². The minimum Gasteiger partial charge on any atom is -0.396 e. The van der Waals surface area contributed by atoms with Gasteiger partial charge in [0.15, 0.2) is 0 Å². The summed E-state index contributed by atoms with van der Waals surface area (Å²) in [6.45, 7) is 7.38. The zero-order chi connectivity index (χ0) is 12.6. The van der Waals surface area contributed by atoms with Crippen molar-refractivity contribution < 1.29 is 5.11 Å². The fourth-order valence-electron chi connectivity index (χ4n) is 3.34. The first-order valence-electron chi connectivity index (χ1n) is 7.50. The lowest BCUT2D eigenvalue weighted by Gasteiger charge is -2.31. The zero-order valence-electron chi connectivity index (χ0n) is 11.8. The van der Waals surface area contributed by atoms with Gasteiger partial charge in [0.2, 0.25) is 0 Å². The summed E-state index contributed by atoms with van der Waals surface area (Å²) in [5, 5.41) is 12.4. The van der Waals surface area contributed by atoms with Crippen LogP contribution in [0, 0.1) is 11.3 Å². The molecular formula is C15H31NO. The van der Waals surface area contributed by atoms with Gasteiger partial charge < -0.3 is 10.4 Å². The van der Waals surface area contributed by atoms with E-state index in [1.807, 2.05) is 0 Å². The van der Waals surface area contributed by atoms with E-state index in [-0.39, 0.29) is 0 Å². The third-order valence-electron chi connectivity index (χ3n) is 4.02. The van der Waals surface area contributed by atoms with Crippen molar-refractivity contribution in [1.29, 1.82) is 0 Å². The Hall–Kier alpha value is -0.0800. The molecule has 0 atom stereocenters. The van der Waals surface area contributed by atoms with Crippen molar-refractivity contribution in [2.24, 2.45) is 11.3 Å². The van der Waals surface area contributed by atoms with Crippen molar-refractivity contribution >= 4 is 0 Å². The lowest BCUT2D eigenvalue weighted by Crippen LogP contribution is -2.33. The Balaban J connectivity index is 2.16. The minimum absolute atomic E-state index is 0.345. The van der Waals surface area contributed by atoms with Gasteiger partial charge in [-0.05, 0) is 56.4 Å². The van der Waals surface area contributed by atoms with Crippen LogP contribution < -0.4 is 5.32 Å². The van der Waals surface area contributed by atoms with Crippen LogP contribution in [-0.2, 0) is 0 Å². The molecule has 0 aliphatic heterocycles. The summed E-state index contributed by atoms with van der Waals surface area (Å²) >= 11 is 0. The molecule has 0 aromatic rings. The van der Waals surface area contributed by atoms with Gasteiger partial charge in [-0.1, -0.05) is 26.7 Å². The van der Waals surface area contributed by atoms with E-state index in [4.69, 9.17) is 5.11 Å². The fourth-order valence-corrected chi connectivity index (χ4v) is 3.34. The Bertz CT molecular complexity index is 185. The summed E-state index contributed by atoms with van der Waals surface area (Å²) in [6.07, 6.45) is 10.4. The van der Waals surface area contributed by atoms with Crippen molar-refractivity contribution in [1.82, 2.24) is 5.32 Å². The molecule has 1 saturated carbocycles. The molecule has 1 rings (SSSR count). The van der Waals surface area contributed by atoms with Crippen molar-refractivity contribution in [3.63, 3.8) is 0 Å². The minimum atomic E-state index is 0.345. The zero-order valence-corrected chi connectivity index (χ0v) is 11.8. The SMILES string of the molecule is CC(C)CC1(CNCCCCCO)CCCC1. The Labute approximate surface area is 107 Å². The first-order valence-corrected chi connectivity index (χ1v) is 7.50. The first-order chi connectivity index (χ1) is 8.18. The molecule has 0 aromatic carbocycles. The molecule has 0 heterocycles. The predicted octanol–water partition coefficient (Wildman–Crippen LogP) is 3.35. The summed E-state index contributed by atoms with van der Waals surface area (Å²) < 4.78 is 0. The van der Waals surface area contributed by atoms with Crippen LogP contribution in [0.1, 0.15) is 65.2 Å². The second-order valence-corrected chi connectivity index (χ2v) is 6.27. The Morgan fingerprint density at radius 1 is 1.12 bits per heavy atom. The standard InChI is InChI=1S/C15H31NO/c1-14(2)12-15(8-4-5-9-15)13-16-10-6-3-7-11-17/h14,16-17H,3-13H2,1-2H3. The molecule has 0 saturated heterocycles. The molecule has 2 heteroatoms. The first kappa shape index (κ1) is 15.0. The molecule has 0 spiro atoms. The van der Waals surface area contributed by atoms with Gasteiger partial charge in [0, 0.05) is 13.2 Å². The van der Waals surface area contributed by atoms with Crippen molar-refractivity contribution in [3.8, 4) is 0 Å².